The van der Waals surface area contributed by atoms with E-state index in [-0.39, 0.29) is 16.5 Å². The molecule has 0 saturated carbocycles. The molecule has 0 amide bonds. The fourth-order valence-corrected chi connectivity index (χ4v) is 4.43. The summed E-state index contributed by atoms with van der Waals surface area (Å²) < 4.78 is 34.6. The molecule has 6 nitrogen and oxygen atoms in total. The highest BCUT2D eigenvalue weighted by Crippen LogP contribution is 2.29. The molecule has 2 aromatic rings. The molecule has 0 aliphatic carbocycles. The number of hydrogen-bond acceptors (Lipinski definition) is 4. The molecule has 134 valence electrons. The number of morpholine rings is 1. The van der Waals surface area contributed by atoms with Crippen molar-refractivity contribution < 1.29 is 18.1 Å². The van der Waals surface area contributed by atoms with Crippen LogP contribution in [0.3, 0.4) is 0 Å². The Morgan fingerprint density at radius 1 is 1.24 bits per heavy atom. The van der Waals surface area contributed by atoms with E-state index in [0.717, 1.165) is 24.5 Å². The molecule has 1 saturated heterocycles. The van der Waals surface area contributed by atoms with Gasteiger partial charge in [-0.3, -0.25) is 4.90 Å². The molecular formula is C16H17BrClN3O3S. The van der Waals surface area contributed by atoms with Crippen molar-refractivity contribution in [3.63, 3.8) is 0 Å². The summed E-state index contributed by atoms with van der Waals surface area (Å²) >= 11 is 9.26. The SMILES string of the molecule is O=S(=O)([N-]Cc1ccc(N2CCOCC2)[nH+]c1)c1ccc(Br)cc1Cl. The summed E-state index contributed by atoms with van der Waals surface area (Å²) in [4.78, 5) is 5.37. The first-order valence-electron chi connectivity index (χ1n) is 7.68. The fraction of sp³-hybridized carbons (Fsp3) is 0.312. The maximum Gasteiger partial charge on any atom is 0.274 e. The second-order valence-corrected chi connectivity index (χ2v) is 8.49. The van der Waals surface area contributed by atoms with Gasteiger partial charge in [0.1, 0.15) is 23.1 Å². The number of ether oxygens (including phenoxy) is 1. The van der Waals surface area contributed by atoms with E-state index in [4.69, 9.17) is 16.3 Å². The zero-order chi connectivity index (χ0) is 17.9. The third-order valence-electron chi connectivity index (χ3n) is 3.80. The predicted molar refractivity (Wildman–Crippen MR) is 99.4 cm³/mol. The molecule has 1 N–H and O–H groups in total. The Labute approximate surface area is 160 Å². The van der Waals surface area contributed by atoms with E-state index in [1.54, 1.807) is 12.3 Å². The Morgan fingerprint density at radius 3 is 2.64 bits per heavy atom. The van der Waals surface area contributed by atoms with Crippen LogP contribution in [0.5, 0.6) is 0 Å². The number of nitrogens with one attached hydrogen (secondary N) is 1. The summed E-state index contributed by atoms with van der Waals surface area (Å²) in [6, 6.07) is 8.39. The smallest absolute Gasteiger partial charge is 0.274 e. The normalized spacial score (nSPS) is 15.4. The van der Waals surface area contributed by atoms with Gasteiger partial charge in [0, 0.05) is 10.5 Å². The quantitative estimate of drug-likeness (QED) is 0.707. The molecule has 1 aliphatic heterocycles. The molecule has 0 radical (unpaired) electrons. The first-order valence-corrected chi connectivity index (χ1v) is 10.3. The maximum absolute atomic E-state index is 12.4. The Kier molecular flexibility index (Phi) is 5.96. The lowest BCUT2D eigenvalue weighted by Gasteiger charge is -2.22. The van der Waals surface area contributed by atoms with Crippen molar-refractivity contribution in [3.05, 3.63) is 56.3 Å². The van der Waals surface area contributed by atoms with E-state index in [0.29, 0.717) is 17.7 Å². The van der Waals surface area contributed by atoms with Crippen molar-refractivity contribution >= 4 is 43.4 Å². The first-order chi connectivity index (χ1) is 12.0. The third kappa shape index (κ3) is 4.71. The van der Waals surface area contributed by atoms with E-state index in [1.165, 1.54) is 12.1 Å². The lowest BCUT2D eigenvalue weighted by atomic mass is 10.3. The van der Waals surface area contributed by atoms with E-state index in [2.05, 4.69) is 30.5 Å². The highest BCUT2D eigenvalue weighted by Gasteiger charge is 2.18. The van der Waals surface area contributed by atoms with Crippen LogP contribution in [0.2, 0.25) is 5.02 Å². The van der Waals surface area contributed by atoms with Crippen molar-refractivity contribution in [2.24, 2.45) is 0 Å². The molecule has 3 rings (SSSR count). The number of pyridine rings is 1. The highest BCUT2D eigenvalue weighted by atomic mass is 79.9. The molecule has 1 fully saturated rings. The molecule has 0 unspecified atom stereocenters. The van der Waals surface area contributed by atoms with Crippen LogP contribution in [0, 0.1) is 0 Å². The van der Waals surface area contributed by atoms with Crippen LogP contribution in [-0.4, -0.2) is 34.7 Å². The van der Waals surface area contributed by atoms with Gasteiger partial charge in [-0.05, 0) is 29.8 Å². The Bertz CT molecular complexity index is 840. The molecule has 1 aliphatic rings. The second kappa shape index (κ2) is 8.01. The molecule has 1 aromatic carbocycles. The average molecular weight is 447 g/mol. The molecule has 1 aromatic heterocycles. The van der Waals surface area contributed by atoms with Gasteiger partial charge >= 0.3 is 0 Å². The summed E-state index contributed by atoms with van der Waals surface area (Å²) in [6.07, 6.45) is 1.77. The minimum atomic E-state index is -3.81. The number of anilines is 1. The minimum absolute atomic E-state index is 0.00582. The third-order valence-corrected chi connectivity index (χ3v) is 6.10. The van der Waals surface area contributed by atoms with E-state index >= 15 is 0 Å². The number of rotatable bonds is 5. The molecule has 0 atom stereocenters. The topological polar surface area (TPSA) is 74.9 Å². The molecule has 9 heteroatoms. The second-order valence-electron chi connectivity index (χ2n) is 5.52. The summed E-state index contributed by atoms with van der Waals surface area (Å²) in [5, 5.41) is 0.146. The van der Waals surface area contributed by atoms with Crippen LogP contribution in [-0.2, 0) is 21.3 Å². The Morgan fingerprint density at radius 2 is 2.00 bits per heavy atom. The van der Waals surface area contributed by atoms with Crippen molar-refractivity contribution in [3.8, 4) is 0 Å². The van der Waals surface area contributed by atoms with Gasteiger partial charge in [-0.1, -0.05) is 27.5 Å². The first kappa shape index (κ1) is 18.6. The predicted octanol–water partition coefficient (Wildman–Crippen LogP) is 3.02. The van der Waals surface area contributed by atoms with Gasteiger partial charge in [0.15, 0.2) is 0 Å². The summed E-state index contributed by atoms with van der Waals surface area (Å²) in [6.45, 7) is 3.12. The minimum Gasteiger partial charge on any atom is -0.541 e. The maximum atomic E-state index is 12.4. The lowest BCUT2D eigenvalue weighted by molar-refractivity contribution is -0.365. The molecular weight excluding hydrogens is 430 g/mol. The molecule has 2 heterocycles. The number of sulfonamides is 1. The number of aromatic amines is 1. The number of halogens is 2. The van der Waals surface area contributed by atoms with Gasteiger partial charge < -0.3 is 9.46 Å². The zero-order valence-corrected chi connectivity index (χ0v) is 16.4. The van der Waals surface area contributed by atoms with Crippen molar-refractivity contribution in [1.29, 1.82) is 0 Å². The van der Waals surface area contributed by atoms with E-state index in [1.807, 2.05) is 12.1 Å². The van der Waals surface area contributed by atoms with E-state index in [9.17, 15) is 8.42 Å². The number of hydrogen-bond donors (Lipinski definition) is 0. The number of aromatic nitrogens is 1. The van der Waals surface area contributed by atoms with Crippen molar-refractivity contribution in [2.75, 3.05) is 31.2 Å². The zero-order valence-electron chi connectivity index (χ0n) is 13.3. The molecule has 0 spiro atoms. The van der Waals surface area contributed by atoms with E-state index < -0.39 is 10.0 Å². The van der Waals surface area contributed by atoms with Crippen LogP contribution in [0.1, 0.15) is 5.56 Å². The summed E-state index contributed by atoms with van der Waals surface area (Å²) in [5.74, 6) is 0.978. The lowest BCUT2D eigenvalue weighted by Crippen LogP contribution is -2.39. The summed E-state index contributed by atoms with van der Waals surface area (Å²) in [7, 11) is -3.81. The van der Waals surface area contributed by atoms with Gasteiger partial charge in [0.2, 0.25) is 0 Å². The monoisotopic (exact) mass is 445 g/mol. The Balaban J connectivity index is 1.66. The number of benzene rings is 1. The molecule has 25 heavy (non-hydrogen) atoms. The van der Waals surface area contributed by atoms with Crippen molar-refractivity contribution in [2.45, 2.75) is 11.4 Å². The van der Waals surface area contributed by atoms with Gasteiger partial charge in [-0.25, -0.2) is 13.4 Å². The van der Waals surface area contributed by atoms with Gasteiger partial charge in [-0.2, -0.15) is 0 Å². The van der Waals surface area contributed by atoms with Gasteiger partial charge in [0.25, 0.3) is 5.82 Å². The average Bonchev–Trinajstić information content (AvgIpc) is 2.61. The van der Waals surface area contributed by atoms with Gasteiger partial charge in [0.05, 0.1) is 29.3 Å². The standard InChI is InChI=1S/C16H16BrClN3O3S/c17-13-2-3-15(14(18)9-13)25(22,23)20-11-12-1-4-16(19-10-12)21-5-7-24-8-6-21/h1-4,9-10H,5-8,11H2/q-1/p+1. The number of nitrogens with zero attached hydrogens (tertiary/aromatic N) is 2. The number of H-pyrrole nitrogens is 1. The van der Waals surface area contributed by atoms with Crippen LogP contribution in [0.15, 0.2) is 45.9 Å². The van der Waals surface area contributed by atoms with Gasteiger partial charge in [-0.15, -0.1) is 6.54 Å². The largest absolute Gasteiger partial charge is 0.541 e. The fourth-order valence-electron chi connectivity index (χ4n) is 2.46. The van der Waals surface area contributed by atoms with Crippen LogP contribution in [0.4, 0.5) is 5.82 Å². The highest BCUT2D eigenvalue weighted by molar-refractivity contribution is 9.10. The van der Waals surface area contributed by atoms with Crippen LogP contribution in [0.25, 0.3) is 4.72 Å². The molecule has 0 bridgehead atoms. The van der Waals surface area contributed by atoms with Crippen LogP contribution >= 0.6 is 27.5 Å². The summed E-state index contributed by atoms with van der Waals surface area (Å²) in [5.41, 5.74) is 0.772. The van der Waals surface area contributed by atoms with Crippen LogP contribution < -0.4 is 9.88 Å². The Hall–Kier alpha value is -1.19. The van der Waals surface area contributed by atoms with Crippen molar-refractivity contribution in [1.82, 2.24) is 0 Å².